The van der Waals surface area contributed by atoms with Gasteiger partial charge in [0.15, 0.2) is 0 Å². The quantitative estimate of drug-likeness (QED) is 0.824. The number of hydrogen-bond acceptors (Lipinski definition) is 3. The van der Waals surface area contributed by atoms with Gasteiger partial charge in [-0.3, -0.25) is 0 Å². The molecule has 0 radical (unpaired) electrons. The molecule has 4 heteroatoms. The minimum atomic E-state index is 0.401. The monoisotopic (exact) mass is 239 g/mol. The fraction of sp³-hybridized carbons (Fsp3) is 0.667. The minimum Gasteiger partial charge on any atom is -0.370 e. The van der Waals surface area contributed by atoms with Gasteiger partial charge in [-0.15, -0.1) is 11.6 Å². The Morgan fingerprint density at radius 2 is 2.12 bits per heavy atom. The summed E-state index contributed by atoms with van der Waals surface area (Å²) >= 11 is 6.08. The van der Waals surface area contributed by atoms with Gasteiger partial charge in [0.1, 0.15) is 11.6 Å². The number of rotatable bonds is 3. The lowest BCUT2D eigenvalue weighted by atomic mass is 9.89. The molecule has 1 heterocycles. The number of halogens is 1. The molecule has 1 saturated carbocycles. The van der Waals surface area contributed by atoms with E-state index in [1.165, 1.54) is 12.8 Å². The second kappa shape index (κ2) is 5.48. The minimum absolute atomic E-state index is 0.401. The highest BCUT2D eigenvalue weighted by Crippen LogP contribution is 2.27. The number of alkyl halides is 1. The molecule has 1 aromatic heterocycles. The van der Waals surface area contributed by atoms with Crippen molar-refractivity contribution in [1.82, 2.24) is 9.97 Å². The summed E-state index contributed by atoms with van der Waals surface area (Å²) in [6, 6.07) is 1.92. The van der Waals surface area contributed by atoms with E-state index in [1.807, 2.05) is 13.0 Å². The summed E-state index contributed by atoms with van der Waals surface area (Å²) in [4.78, 5) is 8.40. The van der Waals surface area contributed by atoms with Crippen molar-refractivity contribution in [1.29, 1.82) is 0 Å². The van der Waals surface area contributed by atoms with Gasteiger partial charge < -0.3 is 5.32 Å². The van der Waals surface area contributed by atoms with Gasteiger partial charge in [-0.2, -0.15) is 0 Å². The zero-order valence-electron chi connectivity index (χ0n) is 9.62. The summed E-state index contributed by atoms with van der Waals surface area (Å²) in [6.07, 6.45) is 6.55. The average molecular weight is 240 g/mol. The van der Waals surface area contributed by atoms with Crippen LogP contribution in [0.15, 0.2) is 12.3 Å². The first kappa shape index (κ1) is 11.6. The molecule has 88 valence electrons. The van der Waals surface area contributed by atoms with Crippen molar-refractivity contribution >= 4 is 17.4 Å². The molecule has 1 aliphatic carbocycles. The van der Waals surface area contributed by atoms with Crippen LogP contribution in [0.4, 0.5) is 5.82 Å². The van der Waals surface area contributed by atoms with E-state index in [0.717, 1.165) is 36.9 Å². The van der Waals surface area contributed by atoms with Crippen molar-refractivity contribution in [2.45, 2.75) is 38.0 Å². The van der Waals surface area contributed by atoms with E-state index >= 15 is 0 Å². The van der Waals surface area contributed by atoms with E-state index in [1.54, 1.807) is 6.20 Å². The number of aromatic nitrogens is 2. The summed E-state index contributed by atoms with van der Waals surface area (Å²) < 4.78 is 0. The van der Waals surface area contributed by atoms with E-state index in [-0.39, 0.29) is 0 Å². The van der Waals surface area contributed by atoms with Crippen molar-refractivity contribution in [2.24, 2.45) is 5.92 Å². The Labute approximate surface area is 102 Å². The second-order valence-corrected chi connectivity index (χ2v) is 5.11. The standard InChI is InChI=1S/C12H18ClN3/c1-9-14-7-6-12(16-9)15-8-10-2-4-11(13)5-3-10/h6-7,10-11H,2-5,8H2,1H3,(H,14,15,16). The van der Waals surface area contributed by atoms with Crippen LogP contribution < -0.4 is 5.32 Å². The Hall–Kier alpha value is -0.830. The smallest absolute Gasteiger partial charge is 0.129 e. The van der Waals surface area contributed by atoms with E-state index in [2.05, 4.69) is 15.3 Å². The molecule has 3 nitrogen and oxygen atoms in total. The first-order chi connectivity index (χ1) is 7.74. The van der Waals surface area contributed by atoms with Crippen molar-refractivity contribution in [3.05, 3.63) is 18.1 Å². The molecule has 0 bridgehead atoms. The first-order valence-corrected chi connectivity index (χ1v) is 6.35. The van der Waals surface area contributed by atoms with Gasteiger partial charge in [0.05, 0.1) is 0 Å². The van der Waals surface area contributed by atoms with Gasteiger partial charge in [0, 0.05) is 18.1 Å². The van der Waals surface area contributed by atoms with Crippen molar-refractivity contribution in [3.8, 4) is 0 Å². The van der Waals surface area contributed by atoms with E-state index in [9.17, 15) is 0 Å². The van der Waals surface area contributed by atoms with Gasteiger partial charge >= 0.3 is 0 Å². The fourth-order valence-electron chi connectivity index (χ4n) is 2.13. The zero-order valence-corrected chi connectivity index (χ0v) is 10.4. The Morgan fingerprint density at radius 1 is 1.38 bits per heavy atom. The van der Waals surface area contributed by atoms with Crippen LogP contribution >= 0.6 is 11.6 Å². The molecule has 0 amide bonds. The molecule has 1 aliphatic rings. The molecule has 1 N–H and O–H groups in total. The van der Waals surface area contributed by atoms with Crippen LogP contribution in [0, 0.1) is 12.8 Å². The Morgan fingerprint density at radius 3 is 2.81 bits per heavy atom. The average Bonchev–Trinajstić information content (AvgIpc) is 2.28. The SMILES string of the molecule is Cc1nccc(NCC2CCC(Cl)CC2)n1. The maximum absolute atomic E-state index is 6.08. The van der Waals surface area contributed by atoms with E-state index in [4.69, 9.17) is 11.6 Å². The topological polar surface area (TPSA) is 37.8 Å². The summed E-state index contributed by atoms with van der Waals surface area (Å²) in [7, 11) is 0. The third-order valence-electron chi connectivity index (χ3n) is 3.12. The van der Waals surface area contributed by atoms with Crippen LogP contribution in [0.2, 0.25) is 0 Å². The van der Waals surface area contributed by atoms with Gasteiger partial charge in [0.25, 0.3) is 0 Å². The predicted molar refractivity (Wildman–Crippen MR) is 66.9 cm³/mol. The molecule has 16 heavy (non-hydrogen) atoms. The molecule has 0 spiro atoms. The number of anilines is 1. The lowest BCUT2D eigenvalue weighted by Crippen LogP contribution is -2.21. The summed E-state index contributed by atoms with van der Waals surface area (Å²) in [5.41, 5.74) is 0. The van der Waals surface area contributed by atoms with Gasteiger partial charge in [-0.1, -0.05) is 0 Å². The van der Waals surface area contributed by atoms with Crippen LogP contribution in [0.5, 0.6) is 0 Å². The molecule has 0 saturated heterocycles. The zero-order chi connectivity index (χ0) is 11.4. The third kappa shape index (κ3) is 3.34. The fourth-order valence-corrected chi connectivity index (χ4v) is 2.38. The Kier molecular flexibility index (Phi) is 3.99. The normalized spacial score (nSPS) is 25.4. The molecular weight excluding hydrogens is 222 g/mol. The maximum Gasteiger partial charge on any atom is 0.129 e. The molecule has 0 aromatic carbocycles. The Bertz CT molecular complexity index is 335. The number of nitrogens with one attached hydrogen (secondary N) is 1. The number of nitrogens with zero attached hydrogens (tertiary/aromatic N) is 2. The van der Waals surface area contributed by atoms with Crippen LogP contribution in [-0.4, -0.2) is 21.9 Å². The Balaban J connectivity index is 1.79. The molecule has 0 aliphatic heterocycles. The lowest BCUT2D eigenvalue weighted by molar-refractivity contribution is 0.377. The summed E-state index contributed by atoms with van der Waals surface area (Å²) in [5, 5.41) is 3.78. The molecular formula is C12H18ClN3. The molecule has 1 aromatic rings. The van der Waals surface area contributed by atoms with E-state index in [0.29, 0.717) is 5.38 Å². The maximum atomic E-state index is 6.08. The number of hydrogen-bond donors (Lipinski definition) is 1. The molecule has 1 fully saturated rings. The van der Waals surface area contributed by atoms with Crippen LogP contribution in [0.1, 0.15) is 31.5 Å². The number of aryl methyl sites for hydroxylation is 1. The highest BCUT2D eigenvalue weighted by atomic mass is 35.5. The lowest BCUT2D eigenvalue weighted by Gasteiger charge is -2.25. The highest BCUT2D eigenvalue weighted by molar-refractivity contribution is 6.20. The predicted octanol–water partition coefficient (Wildman–Crippen LogP) is 2.99. The second-order valence-electron chi connectivity index (χ2n) is 4.49. The van der Waals surface area contributed by atoms with Crippen LogP contribution in [0.3, 0.4) is 0 Å². The largest absolute Gasteiger partial charge is 0.370 e. The van der Waals surface area contributed by atoms with Gasteiger partial charge in [0.2, 0.25) is 0 Å². The molecule has 0 atom stereocenters. The first-order valence-electron chi connectivity index (χ1n) is 5.91. The van der Waals surface area contributed by atoms with Crippen molar-refractivity contribution in [2.75, 3.05) is 11.9 Å². The third-order valence-corrected chi connectivity index (χ3v) is 3.56. The van der Waals surface area contributed by atoms with Crippen LogP contribution in [-0.2, 0) is 0 Å². The summed E-state index contributed by atoms with van der Waals surface area (Å²) in [5.74, 6) is 2.49. The summed E-state index contributed by atoms with van der Waals surface area (Å²) in [6.45, 7) is 2.91. The molecule has 0 unspecified atom stereocenters. The van der Waals surface area contributed by atoms with Gasteiger partial charge in [-0.25, -0.2) is 9.97 Å². The highest BCUT2D eigenvalue weighted by Gasteiger charge is 2.19. The van der Waals surface area contributed by atoms with Crippen molar-refractivity contribution in [3.63, 3.8) is 0 Å². The van der Waals surface area contributed by atoms with Crippen molar-refractivity contribution < 1.29 is 0 Å². The van der Waals surface area contributed by atoms with Crippen LogP contribution in [0.25, 0.3) is 0 Å². The van der Waals surface area contributed by atoms with E-state index < -0.39 is 0 Å². The molecule has 2 rings (SSSR count). The van der Waals surface area contributed by atoms with Gasteiger partial charge in [-0.05, 0) is 44.6 Å².